The number of benzene rings is 1. The van der Waals surface area contributed by atoms with Gasteiger partial charge >= 0.3 is 6.09 Å². The van der Waals surface area contributed by atoms with Gasteiger partial charge in [-0.1, -0.05) is 18.2 Å². The van der Waals surface area contributed by atoms with Gasteiger partial charge in [-0.05, 0) is 26.8 Å². The molecule has 142 valence electrons. The standard InChI is InChI=1S/C21H21N5O2/c1-21(2,3)28-20(27)25-9-8-17-15(12-25)11-23-19(24-17)26-13-14(10-22)16-6-4-5-7-18(16)26/h4-7,11,13H,8-9,12H2,1-3H3. The molecule has 0 spiro atoms. The molecule has 1 aliphatic rings. The van der Waals surface area contributed by atoms with Gasteiger partial charge in [-0.3, -0.25) is 4.57 Å². The average molecular weight is 375 g/mol. The molecular formula is C21H21N5O2. The molecular weight excluding hydrogens is 354 g/mol. The third-order valence-corrected chi connectivity index (χ3v) is 4.62. The van der Waals surface area contributed by atoms with Crippen molar-refractivity contribution in [2.24, 2.45) is 0 Å². The van der Waals surface area contributed by atoms with Crippen molar-refractivity contribution < 1.29 is 9.53 Å². The van der Waals surface area contributed by atoms with E-state index in [2.05, 4.69) is 11.1 Å². The number of para-hydroxylation sites is 1. The van der Waals surface area contributed by atoms with Crippen LogP contribution in [0.5, 0.6) is 0 Å². The maximum Gasteiger partial charge on any atom is 0.410 e. The molecule has 2 aromatic heterocycles. The van der Waals surface area contributed by atoms with Crippen molar-refractivity contribution in [2.45, 2.75) is 39.3 Å². The van der Waals surface area contributed by atoms with E-state index in [0.29, 0.717) is 31.0 Å². The average Bonchev–Trinajstić information content (AvgIpc) is 3.04. The van der Waals surface area contributed by atoms with Gasteiger partial charge in [0.2, 0.25) is 5.95 Å². The quantitative estimate of drug-likeness (QED) is 0.649. The molecule has 1 aromatic carbocycles. The molecule has 1 amide bonds. The molecule has 7 nitrogen and oxygen atoms in total. The number of hydrogen-bond acceptors (Lipinski definition) is 5. The van der Waals surface area contributed by atoms with E-state index >= 15 is 0 Å². The van der Waals surface area contributed by atoms with Crippen molar-refractivity contribution in [1.82, 2.24) is 19.4 Å². The van der Waals surface area contributed by atoms with E-state index in [-0.39, 0.29) is 6.09 Å². The van der Waals surface area contributed by atoms with Crippen LogP contribution < -0.4 is 0 Å². The van der Waals surface area contributed by atoms with Gasteiger partial charge in [-0.15, -0.1) is 0 Å². The summed E-state index contributed by atoms with van der Waals surface area (Å²) in [5, 5.41) is 10.3. The van der Waals surface area contributed by atoms with Crippen LogP contribution in [0.4, 0.5) is 4.79 Å². The highest BCUT2D eigenvalue weighted by Crippen LogP contribution is 2.25. The second-order valence-corrected chi connectivity index (χ2v) is 7.84. The van der Waals surface area contributed by atoms with Gasteiger partial charge in [0, 0.05) is 36.3 Å². The lowest BCUT2D eigenvalue weighted by atomic mass is 10.1. The zero-order valence-electron chi connectivity index (χ0n) is 16.1. The second kappa shape index (κ2) is 6.64. The van der Waals surface area contributed by atoms with E-state index in [1.165, 1.54) is 0 Å². The molecule has 0 N–H and O–H groups in total. The van der Waals surface area contributed by atoms with Crippen molar-refractivity contribution >= 4 is 17.0 Å². The molecule has 0 atom stereocenters. The lowest BCUT2D eigenvalue weighted by Gasteiger charge is -2.30. The summed E-state index contributed by atoms with van der Waals surface area (Å²) in [6.45, 7) is 6.55. The minimum Gasteiger partial charge on any atom is -0.444 e. The first-order valence-corrected chi connectivity index (χ1v) is 9.19. The van der Waals surface area contributed by atoms with Crippen LogP contribution in [0.1, 0.15) is 37.6 Å². The predicted octanol–water partition coefficient (Wildman–Crippen LogP) is 3.59. The van der Waals surface area contributed by atoms with Gasteiger partial charge in [-0.25, -0.2) is 14.8 Å². The molecule has 0 fully saturated rings. The largest absolute Gasteiger partial charge is 0.444 e. The summed E-state index contributed by atoms with van der Waals surface area (Å²) >= 11 is 0. The first-order valence-electron chi connectivity index (χ1n) is 9.19. The van der Waals surface area contributed by atoms with Crippen LogP contribution in [0.2, 0.25) is 0 Å². The fourth-order valence-electron chi connectivity index (χ4n) is 3.34. The van der Waals surface area contributed by atoms with Crippen molar-refractivity contribution in [3.63, 3.8) is 0 Å². The maximum absolute atomic E-state index is 12.3. The smallest absolute Gasteiger partial charge is 0.410 e. The van der Waals surface area contributed by atoms with E-state index in [1.807, 2.05) is 49.6 Å². The first kappa shape index (κ1) is 18.0. The number of nitriles is 1. The third-order valence-electron chi connectivity index (χ3n) is 4.62. The molecule has 0 radical (unpaired) electrons. The Morgan fingerprint density at radius 2 is 2.07 bits per heavy atom. The lowest BCUT2D eigenvalue weighted by molar-refractivity contribution is 0.0222. The van der Waals surface area contributed by atoms with Crippen LogP contribution in [0.3, 0.4) is 0 Å². The number of nitrogens with zero attached hydrogens (tertiary/aromatic N) is 5. The van der Waals surface area contributed by atoms with E-state index in [9.17, 15) is 10.1 Å². The highest BCUT2D eigenvalue weighted by molar-refractivity contribution is 5.87. The predicted molar refractivity (Wildman–Crippen MR) is 104 cm³/mol. The van der Waals surface area contributed by atoms with Crippen LogP contribution in [-0.2, 0) is 17.7 Å². The summed E-state index contributed by atoms with van der Waals surface area (Å²) in [4.78, 5) is 23.2. The molecule has 4 rings (SSSR count). The number of amides is 1. The first-order chi connectivity index (χ1) is 13.4. The Kier molecular flexibility index (Phi) is 4.27. The minimum absolute atomic E-state index is 0.322. The maximum atomic E-state index is 12.3. The SMILES string of the molecule is CC(C)(C)OC(=O)N1CCc2nc(-n3cc(C#N)c4ccccc43)ncc2C1. The Labute approximate surface area is 163 Å². The number of carbonyl (C=O) groups is 1. The number of carbonyl (C=O) groups excluding carboxylic acids is 1. The number of ether oxygens (including phenoxy) is 1. The van der Waals surface area contributed by atoms with Crippen molar-refractivity contribution in [3.05, 3.63) is 53.5 Å². The Hall–Kier alpha value is -3.40. The summed E-state index contributed by atoms with van der Waals surface area (Å²) in [5.41, 5.74) is 2.79. The topological polar surface area (TPSA) is 84.0 Å². The van der Waals surface area contributed by atoms with Gasteiger partial charge < -0.3 is 9.64 Å². The molecule has 28 heavy (non-hydrogen) atoms. The molecule has 3 aromatic rings. The lowest BCUT2D eigenvalue weighted by Crippen LogP contribution is -2.40. The van der Waals surface area contributed by atoms with Crippen LogP contribution in [0.15, 0.2) is 36.7 Å². The van der Waals surface area contributed by atoms with E-state index in [1.54, 1.807) is 17.3 Å². The molecule has 0 bridgehead atoms. The zero-order chi connectivity index (χ0) is 19.9. The van der Waals surface area contributed by atoms with Crippen molar-refractivity contribution in [1.29, 1.82) is 5.26 Å². The molecule has 0 saturated carbocycles. The fraction of sp³-hybridized carbons (Fsp3) is 0.333. The van der Waals surface area contributed by atoms with Gasteiger partial charge in [0.1, 0.15) is 11.7 Å². The minimum atomic E-state index is -0.522. The molecule has 0 aliphatic carbocycles. The summed E-state index contributed by atoms with van der Waals surface area (Å²) < 4.78 is 7.30. The van der Waals surface area contributed by atoms with Gasteiger partial charge in [-0.2, -0.15) is 5.26 Å². The number of aromatic nitrogens is 3. The van der Waals surface area contributed by atoms with Crippen molar-refractivity contribution in [3.8, 4) is 12.0 Å². The fourth-order valence-corrected chi connectivity index (χ4v) is 3.34. The second-order valence-electron chi connectivity index (χ2n) is 7.84. The normalized spacial score (nSPS) is 13.9. The molecule has 0 saturated heterocycles. The van der Waals surface area contributed by atoms with Gasteiger partial charge in [0.15, 0.2) is 0 Å². The van der Waals surface area contributed by atoms with Gasteiger partial charge in [0.05, 0.1) is 23.3 Å². The monoisotopic (exact) mass is 375 g/mol. The third kappa shape index (κ3) is 3.29. The number of fused-ring (bicyclic) bond motifs is 2. The Morgan fingerprint density at radius 3 is 2.82 bits per heavy atom. The summed E-state index contributed by atoms with van der Waals surface area (Å²) in [5.74, 6) is 0.530. The van der Waals surface area contributed by atoms with E-state index < -0.39 is 5.60 Å². The van der Waals surface area contributed by atoms with Crippen LogP contribution in [-0.4, -0.2) is 37.7 Å². The Bertz CT molecular complexity index is 1100. The molecule has 0 unspecified atom stereocenters. The summed E-state index contributed by atoms with van der Waals surface area (Å²) in [7, 11) is 0. The van der Waals surface area contributed by atoms with E-state index in [4.69, 9.17) is 9.72 Å². The van der Waals surface area contributed by atoms with Crippen LogP contribution in [0, 0.1) is 11.3 Å². The van der Waals surface area contributed by atoms with Crippen molar-refractivity contribution in [2.75, 3.05) is 6.54 Å². The molecule has 1 aliphatic heterocycles. The number of hydrogen-bond donors (Lipinski definition) is 0. The van der Waals surface area contributed by atoms with E-state index in [0.717, 1.165) is 22.2 Å². The van der Waals surface area contributed by atoms with Crippen LogP contribution in [0.25, 0.3) is 16.9 Å². The van der Waals surface area contributed by atoms with Gasteiger partial charge in [0.25, 0.3) is 0 Å². The highest BCUT2D eigenvalue weighted by atomic mass is 16.6. The summed E-state index contributed by atoms with van der Waals surface area (Å²) in [6, 6.07) is 9.93. The molecule has 7 heteroatoms. The molecule has 3 heterocycles. The Balaban J connectivity index is 1.64. The number of rotatable bonds is 1. The highest BCUT2D eigenvalue weighted by Gasteiger charge is 2.27. The Morgan fingerprint density at radius 1 is 1.29 bits per heavy atom. The summed E-state index contributed by atoms with van der Waals surface area (Å²) in [6.07, 6.45) is 3.84. The zero-order valence-corrected chi connectivity index (χ0v) is 16.1. The van der Waals surface area contributed by atoms with Crippen LogP contribution >= 0.6 is 0 Å².